The molecule has 1 aliphatic heterocycles. The molecule has 1 aliphatic rings. The van der Waals surface area contributed by atoms with Gasteiger partial charge in [-0.1, -0.05) is 12.1 Å². The molecule has 2 N–H and O–H groups in total. The van der Waals surface area contributed by atoms with Gasteiger partial charge in [-0.05, 0) is 26.0 Å². The zero-order valence-electron chi connectivity index (χ0n) is 12.0. The van der Waals surface area contributed by atoms with Crippen LogP contribution in [0.15, 0.2) is 24.3 Å². The third kappa shape index (κ3) is 3.63. The van der Waals surface area contributed by atoms with Gasteiger partial charge in [0.2, 0.25) is 5.91 Å². The molecule has 0 radical (unpaired) electrons. The zero-order chi connectivity index (χ0) is 14.5. The molecule has 5 nitrogen and oxygen atoms in total. The van der Waals surface area contributed by atoms with Crippen LogP contribution < -0.4 is 15.2 Å². The van der Waals surface area contributed by atoms with Crippen molar-refractivity contribution in [2.24, 2.45) is 5.73 Å². The molecule has 0 bridgehead atoms. The minimum absolute atomic E-state index is 0.0601. The molecule has 2 unspecified atom stereocenters. The second-order valence-electron chi connectivity index (χ2n) is 5.11. The molecule has 20 heavy (non-hydrogen) atoms. The third-order valence-electron chi connectivity index (χ3n) is 3.22. The van der Waals surface area contributed by atoms with E-state index >= 15 is 0 Å². The van der Waals surface area contributed by atoms with Crippen molar-refractivity contribution in [2.75, 3.05) is 19.7 Å². The fourth-order valence-electron chi connectivity index (χ4n) is 2.21. The second-order valence-corrected chi connectivity index (χ2v) is 5.11. The molecule has 0 aromatic heterocycles. The Bertz CT molecular complexity index is 462. The quantitative estimate of drug-likeness (QED) is 0.884. The lowest BCUT2D eigenvalue weighted by molar-refractivity contribution is -0.132. The van der Waals surface area contributed by atoms with Crippen molar-refractivity contribution < 1.29 is 14.3 Å². The summed E-state index contributed by atoms with van der Waals surface area (Å²) in [6.45, 7) is 5.42. The Kier molecular flexibility index (Phi) is 4.84. The molecule has 1 aromatic rings. The number of carbonyl (C=O) groups excluding carboxylic acids is 1. The van der Waals surface area contributed by atoms with Crippen LogP contribution in [-0.2, 0) is 4.79 Å². The number of likely N-dealkylation sites (N-methyl/N-ethyl adjacent to an activating group) is 1. The summed E-state index contributed by atoms with van der Waals surface area (Å²) < 4.78 is 11.5. The Morgan fingerprint density at radius 3 is 2.80 bits per heavy atom. The van der Waals surface area contributed by atoms with E-state index in [9.17, 15) is 4.79 Å². The topological polar surface area (TPSA) is 64.8 Å². The van der Waals surface area contributed by atoms with Crippen molar-refractivity contribution in [1.82, 2.24) is 4.90 Å². The van der Waals surface area contributed by atoms with E-state index in [2.05, 4.69) is 0 Å². The van der Waals surface area contributed by atoms with E-state index in [1.807, 2.05) is 38.1 Å². The van der Waals surface area contributed by atoms with Crippen LogP contribution in [0.25, 0.3) is 0 Å². The molecule has 0 saturated carbocycles. The van der Waals surface area contributed by atoms with Gasteiger partial charge < -0.3 is 20.1 Å². The van der Waals surface area contributed by atoms with Gasteiger partial charge in [-0.2, -0.15) is 0 Å². The molecule has 1 heterocycles. The van der Waals surface area contributed by atoms with Gasteiger partial charge in [0, 0.05) is 19.0 Å². The van der Waals surface area contributed by atoms with Crippen LogP contribution in [0.3, 0.4) is 0 Å². The van der Waals surface area contributed by atoms with E-state index in [1.54, 1.807) is 4.90 Å². The monoisotopic (exact) mass is 278 g/mol. The zero-order valence-corrected chi connectivity index (χ0v) is 12.0. The highest BCUT2D eigenvalue weighted by atomic mass is 16.6. The molecule has 5 heteroatoms. The molecule has 0 fully saturated rings. The maximum Gasteiger partial charge on any atom is 0.224 e. The molecule has 2 rings (SSSR count). The number of para-hydroxylation sites is 2. The standard InChI is InChI=1S/C15H22N2O3/c1-3-17(15(18)8-11(2)16)9-12-10-19-13-6-4-5-7-14(13)20-12/h4-7,11-12H,3,8-10,16H2,1-2H3. The number of hydrogen-bond donors (Lipinski definition) is 1. The average molecular weight is 278 g/mol. The molecule has 0 saturated heterocycles. The molecule has 110 valence electrons. The molecule has 1 aromatic carbocycles. The van der Waals surface area contributed by atoms with Crippen LogP contribution in [0.5, 0.6) is 11.5 Å². The number of amides is 1. The highest BCUT2D eigenvalue weighted by molar-refractivity contribution is 5.76. The van der Waals surface area contributed by atoms with Gasteiger partial charge in [-0.3, -0.25) is 4.79 Å². The molecule has 0 aliphatic carbocycles. The minimum atomic E-state index is -0.137. The number of fused-ring (bicyclic) bond motifs is 1. The largest absolute Gasteiger partial charge is 0.486 e. The lowest BCUT2D eigenvalue weighted by atomic mass is 10.2. The SMILES string of the molecule is CCN(CC1COc2ccccc2O1)C(=O)CC(C)N. The summed E-state index contributed by atoms with van der Waals surface area (Å²) in [5.74, 6) is 1.55. The highest BCUT2D eigenvalue weighted by Crippen LogP contribution is 2.31. The van der Waals surface area contributed by atoms with E-state index in [0.717, 1.165) is 11.5 Å². The first kappa shape index (κ1) is 14.7. The van der Waals surface area contributed by atoms with E-state index < -0.39 is 0 Å². The van der Waals surface area contributed by atoms with Crippen LogP contribution in [0.1, 0.15) is 20.3 Å². The van der Waals surface area contributed by atoms with E-state index in [-0.39, 0.29) is 18.1 Å². The Labute approximate surface area is 119 Å². The van der Waals surface area contributed by atoms with Gasteiger partial charge in [0.15, 0.2) is 17.6 Å². The molecular weight excluding hydrogens is 256 g/mol. The van der Waals surface area contributed by atoms with Crippen molar-refractivity contribution in [3.8, 4) is 11.5 Å². The lowest BCUT2D eigenvalue weighted by Crippen LogP contribution is -2.44. The summed E-state index contributed by atoms with van der Waals surface area (Å²) in [6, 6.07) is 7.45. The Hall–Kier alpha value is -1.75. The summed E-state index contributed by atoms with van der Waals surface area (Å²) in [5, 5.41) is 0. The van der Waals surface area contributed by atoms with Crippen molar-refractivity contribution in [3.63, 3.8) is 0 Å². The van der Waals surface area contributed by atoms with Gasteiger partial charge in [-0.15, -0.1) is 0 Å². The highest BCUT2D eigenvalue weighted by Gasteiger charge is 2.24. The van der Waals surface area contributed by atoms with Crippen LogP contribution in [-0.4, -0.2) is 42.6 Å². The van der Waals surface area contributed by atoms with Crippen LogP contribution >= 0.6 is 0 Å². The number of rotatable bonds is 5. The van der Waals surface area contributed by atoms with Crippen LogP contribution in [0, 0.1) is 0 Å². The first-order valence-corrected chi connectivity index (χ1v) is 7.02. The Morgan fingerprint density at radius 1 is 1.45 bits per heavy atom. The number of carbonyl (C=O) groups is 1. The van der Waals surface area contributed by atoms with E-state index in [4.69, 9.17) is 15.2 Å². The number of nitrogens with two attached hydrogens (primary N) is 1. The minimum Gasteiger partial charge on any atom is -0.486 e. The van der Waals surface area contributed by atoms with Gasteiger partial charge >= 0.3 is 0 Å². The summed E-state index contributed by atoms with van der Waals surface area (Å²) in [6.07, 6.45) is 0.222. The van der Waals surface area contributed by atoms with E-state index in [1.165, 1.54) is 0 Å². The molecular formula is C15H22N2O3. The predicted molar refractivity (Wildman–Crippen MR) is 76.9 cm³/mol. The average Bonchev–Trinajstić information content (AvgIpc) is 2.43. The van der Waals surface area contributed by atoms with Crippen LogP contribution in [0.2, 0.25) is 0 Å². The number of benzene rings is 1. The van der Waals surface area contributed by atoms with Crippen molar-refractivity contribution in [1.29, 1.82) is 0 Å². The second kappa shape index (κ2) is 6.61. The third-order valence-corrected chi connectivity index (χ3v) is 3.22. The van der Waals surface area contributed by atoms with Crippen molar-refractivity contribution in [2.45, 2.75) is 32.4 Å². The summed E-state index contributed by atoms with van der Waals surface area (Å²) >= 11 is 0. The van der Waals surface area contributed by atoms with Gasteiger partial charge in [0.1, 0.15) is 6.61 Å². The number of nitrogens with zero attached hydrogens (tertiary/aromatic N) is 1. The maximum absolute atomic E-state index is 12.1. The molecule has 0 spiro atoms. The van der Waals surface area contributed by atoms with Crippen molar-refractivity contribution >= 4 is 5.91 Å². The number of ether oxygens (including phenoxy) is 2. The first-order chi connectivity index (χ1) is 9.60. The first-order valence-electron chi connectivity index (χ1n) is 7.02. The number of hydrogen-bond acceptors (Lipinski definition) is 4. The van der Waals surface area contributed by atoms with Gasteiger partial charge in [0.05, 0.1) is 6.54 Å². The van der Waals surface area contributed by atoms with Crippen molar-refractivity contribution in [3.05, 3.63) is 24.3 Å². The van der Waals surface area contributed by atoms with Gasteiger partial charge in [-0.25, -0.2) is 0 Å². The van der Waals surface area contributed by atoms with Crippen LogP contribution in [0.4, 0.5) is 0 Å². The normalized spacial score (nSPS) is 18.4. The predicted octanol–water partition coefficient (Wildman–Crippen LogP) is 1.41. The lowest BCUT2D eigenvalue weighted by Gasteiger charge is -2.31. The summed E-state index contributed by atoms with van der Waals surface area (Å²) in [7, 11) is 0. The fourth-order valence-corrected chi connectivity index (χ4v) is 2.21. The summed E-state index contributed by atoms with van der Waals surface area (Å²) in [4.78, 5) is 13.8. The fraction of sp³-hybridized carbons (Fsp3) is 0.533. The van der Waals surface area contributed by atoms with E-state index in [0.29, 0.717) is 26.1 Å². The maximum atomic E-state index is 12.1. The van der Waals surface area contributed by atoms with Gasteiger partial charge in [0.25, 0.3) is 0 Å². The smallest absolute Gasteiger partial charge is 0.224 e. The Morgan fingerprint density at radius 2 is 2.15 bits per heavy atom. The summed E-state index contributed by atoms with van der Waals surface area (Å²) in [5.41, 5.74) is 5.68. The molecule has 2 atom stereocenters. The molecule has 1 amide bonds. The Balaban J connectivity index is 1.95.